The highest BCUT2D eigenvalue weighted by Crippen LogP contribution is 2.20. The fourth-order valence-electron chi connectivity index (χ4n) is 2.57. The van der Waals surface area contributed by atoms with Gasteiger partial charge in [0.25, 0.3) is 0 Å². The number of pyridine rings is 1. The maximum Gasteiger partial charge on any atom is 0.354 e. The van der Waals surface area contributed by atoms with Crippen LogP contribution in [0, 0.1) is 6.92 Å². The molecule has 0 radical (unpaired) electrons. The molecule has 0 bridgehead atoms. The van der Waals surface area contributed by atoms with E-state index in [0.717, 1.165) is 22.2 Å². The molecule has 2 heterocycles. The number of anilines is 2. The Morgan fingerprint density at radius 3 is 2.77 bits per heavy atom. The highest BCUT2D eigenvalue weighted by atomic mass is 32.2. The van der Waals surface area contributed by atoms with E-state index in [4.69, 9.17) is 4.74 Å². The number of methoxy groups -OCH3 is 1. The van der Waals surface area contributed by atoms with Crippen LogP contribution in [0.15, 0.2) is 36.5 Å². The zero-order valence-electron chi connectivity index (χ0n) is 14.2. The van der Waals surface area contributed by atoms with Crippen LogP contribution in [-0.4, -0.2) is 31.5 Å². The van der Waals surface area contributed by atoms with Gasteiger partial charge in [-0.3, -0.25) is 4.72 Å². The van der Waals surface area contributed by atoms with Crippen molar-refractivity contribution in [2.75, 3.05) is 17.1 Å². The van der Waals surface area contributed by atoms with Crippen molar-refractivity contribution in [1.82, 2.24) is 9.97 Å². The van der Waals surface area contributed by atoms with Crippen LogP contribution in [0.4, 0.5) is 11.4 Å². The molecule has 9 heteroatoms. The Morgan fingerprint density at radius 1 is 1.23 bits per heavy atom. The van der Waals surface area contributed by atoms with Crippen molar-refractivity contribution < 1.29 is 17.9 Å². The molecule has 0 saturated heterocycles. The molecule has 26 heavy (non-hydrogen) atoms. The third kappa shape index (κ3) is 3.94. The lowest BCUT2D eigenvalue weighted by molar-refractivity contribution is 0.0595. The molecule has 2 aromatic heterocycles. The zero-order valence-corrected chi connectivity index (χ0v) is 15.1. The van der Waals surface area contributed by atoms with E-state index in [1.54, 1.807) is 24.4 Å². The third-order valence-corrected chi connectivity index (χ3v) is 4.37. The number of hydrogen-bond donors (Lipinski definition) is 4. The van der Waals surface area contributed by atoms with Gasteiger partial charge in [-0.1, -0.05) is 6.07 Å². The molecule has 0 spiro atoms. The highest BCUT2D eigenvalue weighted by Gasteiger charge is 2.10. The van der Waals surface area contributed by atoms with Crippen molar-refractivity contribution in [3.63, 3.8) is 0 Å². The number of carbonyl (C=O) groups is 1. The van der Waals surface area contributed by atoms with Crippen LogP contribution in [0.5, 0.6) is 0 Å². The van der Waals surface area contributed by atoms with Crippen molar-refractivity contribution in [3.8, 4) is 0 Å². The summed E-state index contributed by atoms with van der Waals surface area (Å²) in [5.74, 6) is -0.450. The van der Waals surface area contributed by atoms with E-state index in [1.165, 1.54) is 7.11 Å². The number of rotatable bonds is 6. The van der Waals surface area contributed by atoms with Crippen molar-refractivity contribution in [2.24, 2.45) is 0 Å². The minimum atomic E-state index is -2.70. The summed E-state index contributed by atoms with van der Waals surface area (Å²) in [4.78, 5) is 18.8. The van der Waals surface area contributed by atoms with Gasteiger partial charge in [-0.2, -0.15) is 0 Å². The molecule has 8 nitrogen and oxygen atoms in total. The Bertz CT molecular complexity index is 1030. The summed E-state index contributed by atoms with van der Waals surface area (Å²) in [6.45, 7) is 2.45. The van der Waals surface area contributed by atoms with Gasteiger partial charge in [-0.15, -0.1) is 0 Å². The molecule has 0 aliphatic heterocycles. The second-order valence-electron chi connectivity index (χ2n) is 5.70. The van der Waals surface area contributed by atoms with Crippen molar-refractivity contribution >= 4 is 39.3 Å². The number of carbonyl (C=O) groups excluding carboxylic acids is 1. The summed E-state index contributed by atoms with van der Waals surface area (Å²) >= 11 is 0. The van der Waals surface area contributed by atoms with E-state index in [-0.39, 0.29) is 0 Å². The fourth-order valence-corrected chi connectivity index (χ4v) is 2.92. The molecule has 3 rings (SSSR count). The maximum absolute atomic E-state index is 11.6. The van der Waals surface area contributed by atoms with Crippen molar-refractivity contribution in [1.29, 1.82) is 0 Å². The summed E-state index contributed by atoms with van der Waals surface area (Å²) in [5, 5.41) is 4.04. The number of thiol groups is 1. The van der Waals surface area contributed by atoms with E-state index in [9.17, 15) is 13.2 Å². The predicted molar refractivity (Wildman–Crippen MR) is 99.9 cm³/mol. The van der Waals surface area contributed by atoms with Gasteiger partial charge in [0.1, 0.15) is 11.3 Å². The molecule has 0 fully saturated rings. The quantitative estimate of drug-likeness (QED) is 0.389. The fraction of sp³-hybridized carbons (Fsp3) is 0.176. The van der Waals surface area contributed by atoms with Crippen LogP contribution in [-0.2, 0) is 22.2 Å². The smallest absolute Gasteiger partial charge is 0.354 e. The van der Waals surface area contributed by atoms with Gasteiger partial charge in [0.2, 0.25) is 10.9 Å². The van der Waals surface area contributed by atoms with Crippen LogP contribution in [0.25, 0.3) is 11.0 Å². The number of esters is 1. The molecule has 0 aliphatic carbocycles. The number of nitrogens with zero attached hydrogens (tertiary/aromatic N) is 1. The number of fused-ring (bicyclic) bond motifs is 1. The summed E-state index contributed by atoms with van der Waals surface area (Å²) in [6.07, 6.45) is 1.66. The largest absolute Gasteiger partial charge is 0.464 e. The number of aryl methyl sites for hydroxylation is 1. The number of hydrogen-bond acceptors (Lipinski definition) is 6. The van der Waals surface area contributed by atoms with Gasteiger partial charge < -0.3 is 15.0 Å². The van der Waals surface area contributed by atoms with Gasteiger partial charge >= 0.3 is 5.97 Å². The topological polar surface area (TPSA) is 113 Å². The average molecular weight is 374 g/mol. The van der Waals surface area contributed by atoms with Gasteiger partial charge in [-0.25, -0.2) is 18.2 Å². The highest BCUT2D eigenvalue weighted by molar-refractivity contribution is 7.73. The minimum absolute atomic E-state index is 0.341. The molecule has 0 atom stereocenters. The molecule has 3 aromatic rings. The number of aromatic amines is 1. The van der Waals surface area contributed by atoms with Gasteiger partial charge in [0.15, 0.2) is 0 Å². The number of H-pyrrole nitrogens is 1. The van der Waals surface area contributed by atoms with E-state index in [1.807, 2.05) is 19.1 Å². The van der Waals surface area contributed by atoms with Crippen LogP contribution in [0.3, 0.4) is 0 Å². The van der Waals surface area contributed by atoms with Gasteiger partial charge in [0.05, 0.1) is 19.0 Å². The maximum atomic E-state index is 11.6. The summed E-state index contributed by atoms with van der Waals surface area (Å²) < 4.78 is 28.7. The Hall–Kier alpha value is -3.07. The molecule has 0 saturated carbocycles. The lowest BCUT2D eigenvalue weighted by Gasteiger charge is -2.10. The Labute approximate surface area is 151 Å². The SMILES string of the molecule is COC(=O)c1cc2cc(NCc3cc(N[SH](=O)=O)ccc3C)cnc2[nH]1. The Kier molecular flexibility index (Phi) is 5.08. The van der Waals surface area contributed by atoms with Gasteiger partial charge in [0, 0.05) is 17.6 Å². The second-order valence-corrected chi connectivity index (χ2v) is 6.44. The molecule has 1 aromatic carbocycles. The number of benzene rings is 1. The first-order chi connectivity index (χ1) is 12.5. The van der Waals surface area contributed by atoms with Crippen LogP contribution in [0.2, 0.25) is 0 Å². The summed E-state index contributed by atoms with van der Waals surface area (Å²) in [6, 6.07) is 8.91. The first-order valence-electron chi connectivity index (χ1n) is 7.78. The molecular formula is C17H18N4O4S. The zero-order chi connectivity index (χ0) is 18.7. The van der Waals surface area contributed by atoms with E-state index < -0.39 is 16.9 Å². The lowest BCUT2D eigenvalue weighted by Crippen LogP contribution is -2.03. The summed E-state index contributed by atoms with van der Waals surface area (Å²) in [5.41, 5.74) is 4.22. The average Bonchev–Trinajstić information content (AvgIpc) is 3.04. The van der Waals surface area contributed by atoms with Crippen molar-refractivity contribution in [3.05, 3.63) is 53.3 Å². The van der Waals surface area contributed by atoms with Crippen molar-refractivity contribution in [2.45, 2.75) is 13.5 Å². The monoisotopic (exact) mass is 374 g/mol. The number of aromatic nitrogens is 2. The standard InChI is InChI=1S/C17H18N4O4S/c1-10-3-4-13(21-26(23)24)6-12(10)8-18-14-5-11-7-15(17(22)25-2)20-16(11)19-9-14/h3-7,9,18,26H,8H2,1-2H3,(H,19,20)(H,21,23,24). The molecule has 0 aliphatic rings. The van der Waals surface area contributed by atoms with Crippen LogP contribution < -0.4 is 10.0 Å². The molecule has 0 unspecified atom stereocenters. The number of nitrogens with one attached hydrogen (secondary N) is 3. The normalized spacial score (nSPS) is 10.9. The Morgan fingerprint density at radius 2 is 2.04 bits per heavy atom. The number of ether oxygens (including phenoxy) is 1. The summed E-state index contributed by atoms with van der Waals surface area (Å²) in [7, 11) is -1.38. The first kappa shape index (κ1) is 17.7. The van der Waals surface area contributed by atoms with E-state index in [0.29, 0.717) is 23.6 Å². The molecular weight excluding hydrogens is 356 g/mol. The predicted octanol–water partition coefficient (Wildman–Crippen LogP) is 2.21. The third-order valence-electron chi connectivity index (χ3n) is 3.93. The first-order valence-corrected chi connectivity index (χ1v) is 8.95. The van der Waals surface area contributed by atoms with E-state index >= 15 is 0 Å². The minimum Gasteiger partial charge on any atom is -0.464 e. The molecule has 0 amide bonds. The molecule has 3 N–H and O–H groups in total. The van der Waals surface area contributed by atoms with Crippen LogP contribution >= 0.6 is 0 Å². The van der Waals surface area contributed by atoms with Crippen LogP contribution in [0.1, 0.15) is 21.6 Å². The van der Waals surface area contributed by atoms with E-state index in [2.05, 4.69) is 20.0 Å². The lowest BCUT2D eigenvalue weighted by atomic mass is 10.1. The second kappa shape index (κ2) is 7.44. The molecule has 136 valence electrons. The Balaban J connectivity index is 1.78. The van der Waals surface area contributed by atoms with Gasteiger partial charge in [-0.05, 0) is 42.3 Å².